The van der Waals surface area contributed by atoms with E-state index < -0.39 is 0 Å². The summed E-state index contributed by atoms with van der Waals surface area (Å²) in [6, 6.07) is 12.1. The van der Waals surface area contributed by atoms with Crippen LogP contribution in [0.3, 0.4) is 0 Å². The lowest BCUT2D eigenvalue weighted by Gasteiger charge is -2.09. The summed E-state index contributed by atoms with van der Waals surface area (Å²) < 4.78 is 5.85. The van der Waals surface area contributed by atoms with E-state index >= 15 is 0 Å². The summed E-state index contributed by atoms with van der Waals surface area (Å²) in [5, 5.41) is 3.40. The van der Waals surface area contributed by atoms with Crippen molar-refractivity contribution in [3.05, 3.63) is 53.2 Å². The number of nitrogens with zero attached hydrogens (tertiary/aromatic N) is 1. The molecule has 3 heteroatoms. The second-order valence-corrected chi connectivity index (χ2v) is 5.05. The molecule has 0 spiro atoms. The average molecular weight is 270 g/mol. The van der Waals surface area contributed by atoms with Crippen molar-refractivity contribution in [2.75, 3.05) is 6.54 Å². The minimum Gasteiger partial charge on any atom is -0.439 e. The summed E-state index contributed by atoms with van der Waals surface area (Å²) in [5.41, 5.74) is 3.36. The van der Waals surface area contributed by atoms with Gasteiger partial charge in [0.2, 0.25) is 5.88 Å². The summed E-state index contributed by atoms with van der Waals surface area (Å²) in [4.78, 5) is 4.44. The van der Waals surface area contributed by atoms with Crippen molar-refractivity contribution in [1.29, 1.82) is 0 Å². The predicted molar refractivity (Wildman–Crippen MR) is 82.2 cm³/mol. The van der Waals surface area contributed by atoms with E-state index in [0.717, 1.165) is 31.0 Å². The molecule has 0 radical (unpaired) electrons. The van der Waals surface area contributed by atoms with Gasteiger partial charge in [0.1, 0.15) is 5.75 Å². The Kier molecular flexibility index (Phi) is 5.13. The zero-order chi connectivity index (χ0) is 14.4. The van der Waals surface area contributed by atoms with Gasteiger partial charge in [-0.2, -0.15) is 0 Å². The van der Waals surface area contributed by atoms with Crippen LogP contribution in [0.4, 0.5) is 0 Å². The lowest BCUT2D eigenvalue weighted by molar-refractivity contribution is 0.460. The molecule has 0 aliphatic carbocycles. The Morgan fingerprint density at radius 3 is 2.75 bits per heavy atom. The maximum absolute atomic E-state index is 5.85. The number of aromatic nitrogens is 1. The van der Waals surface area contributed by atoms with Crippen LogP contribution in [0, 0.1) is 13.8 Å². The fraction of sp³-hybridized carbons (Fsp3) is 0.353. The number of pyridine rings is 1. The van der Waals surface area contributed by atoms with Gasteiger partial charge in [-0.05, 0) is 56.1 Å². The van der Waals surface area contributed by atoms with E-state index in [0.29, 0.717) is 5.88 Å². The molecule has 0 fully saturated rings. The second kappa shape index (κ2) is 7.06. The van der Waals surface area contributed by atoms with Crippen LogP contribution in [0.1, 0.15) is 30.2 Å². The van der Waals surface area contributed by atoms with Crippen LogP contribution < -0.4 is 10.1 Å². The number of nitrogens with one attached hydrogen (secondary N) is 1. The zero-order valence-electron chi connectivity index (χ0n) is 12.4. The molecule has 1 N–H and O–H groups in total. The maximum Gasteiger partial charge on any atom is 0.219 e. The van der Waals surface area contributed by atoms with Crippen molar-refractivity contribution in [2.24, 2.45) is 0 Å². The van der Waals surface area contributed by atoms with E-state index in [1.54, 1.807) is 0 Å². The monoisotopic (exact) mass is 270 g/mol. The quantitative estimate of drug-likeness (QED) is 0.806. The number of aryl methyl sites for hydroxylation is 2. The molecule has 1 aromatic carbocycles. The number of hydrogen-bond acceptors (Lipinski definition) is 3. The zero-order valence-corrected chi connectivity index (χ0v) is 12.4. The Morgan fingerprint density at radius 1 is 1.15 bits per heavy atom. The molecule has 0 unspecified atom stereocenters. The molecular formula is C17H22N2O. The maximum atomic E-state index is 5.85. The topological polar surface area (TPSA) is 34.2 Å². The Bertz CT molecular complexity index is 567. The first kappa shape index (κ1) is 14.5. The fourth-order valence-corrected chi connectivity index (χ4v) is 2.07. The largest absolute Gasteiger partial charge is 0.439 e. The molecule has 0 saturated carbocycles. The van der Waals surface area contributed by atoms with Gasteiger partial charge in [-0.3, -0.25) is 0 Å². The third-order valence-electron chi connectivity index (χ3n) is 2.96. The third-order valence-corrected chi connectivity index (χ3v) is 2.96. The molecule has 106 valence electrons. The second-order valence-electron chi connectivity index (χ2n) is 5.05. The van der Waals surface area contributed by atoms with Crippen LogP contribution in [-0.2, 0) is 6.54 Å². The van der Waals surface area contributed by atoms with E-state index in [2.05, 4.69) is 36.3 Å². The van der Waals surface area contributed by atoms with Crippen LogP contribution in [0.5, 0.6) is 11.6 Å². The van der Waals surface area contributed by atoms with E-state index in [9.17, 15) is 0 Å². The van der Waals surface area contributed by atoms with Gasteiger partial charge in [0.25, 0.3) is 0 Å². The molecular weight excluding hydrogens is 248 g/mol. The van der Waals surface area contributed by atoms with Crippen LogP contribution in [0.2, 0.25) is 0 Å². The molecule has 20 heavy (non-hydrogen) atoms. The van der Waals surface area contributed by atoms with E-state index in [1.807, 2.05) is 31.2 Å². The minimum absolute atomic E-state index is 0.656. The first-order valence-corrected chi connectivity index (χ1v) is 7.10. The van der Waals surface area contributed by atoms with E-state index in [4.69, 9.17) is 4.74 Å². The first-order valence-electron chi connectivity index (χ1n) is 7.10. The molecule has 0 aliphatic rings. The van der Waals surface area contributed by atoms with Gasteiger partial charge in [-0.15, -0.1) is 0 Å². The highest BCUT2D eigenvalue weighted by Gasteiger charge is 2.03. The summed E-state index contributed by atoms with van der Waals surface area (Å²) in [7, 11) is 0. The highest BCUT2D eigenvalue weighted by molar-refractivity contribution is 5.33. The molecule has 0 atom stereocenters. The van der Waals surface area contributed by atoms with Gasteiger partial charge in [-0.25, -0.2) is 4.98 Å². The van der Waals surface area contributed by atoms with Crippen LogP contribution in [0.15, 0.2) is 36.4 Å². The van der Waals surface area contributed by atoms with Crippen molar-refractivity contribution >= 4 is 0 Å². The van der Waals surface area contributed by atoms with Crippen LogP contribution >= 0.6 is 0 Å². The van der Waals surface area contributed by atoms with Crippen molar-refractivity contribution < 1.29 is 4.74 Å². The number of hydrogen-bond donors (Lipinski definition) is 1. The normalized spacial score (nSPS) is 10.6. The number of benzene rings is 1. The number of rotatable bonds is 6. The molecule has 0 saturated heterocycles. The van der Waals surface area contributed by atoms with E-state index in [1.165, 1.54) is 11.1 Å². The lowest BCUT2D eigenvalue weighted by Crippen LogP contribution is -2.14. The Hall–Kier alpha value is -1.87. The molecule has 1 aromatic heterocycles. The summed E-state index contributed by atoms with van der Waals surface area (Å²) in [6.45, 7) is 8.08. The third kappa shape index (κ3) is 4.35. The lowest BCUT2D eigenvalue weighted by atomic mass is 10.2. The Labute approximate surface area is 121 Å². The van der Waals surface area contributed by atoms with Gasteiger partial charge in [0, 0.05) is 18.3 Å². The molecule has 2 rings (SSSR count). The van der Waals surface area contributed by atoms with Gasteiger partial charge in [0.05, 0.1) is 0 Å². The van der Waals surface area contributed by atoms with Crippen molar-refractivity contribution in [2.45, 2.75) is 33.7 Å². The highest BCUT2D eigenvalue weighted by atomic mass is 16.5. The Balaban J connectivity index is 2.11. The first-order chi connectivity index (χ1) is 9.67. The van der Waals surface area contributed by atoms with Crippen molar-refractivity contribution in [3.63, 3.8) is 0 Å². The Morgan fingerprint density at radius 2 is 2.00 bits per heavy atom. The van der Waals surface area contributed by atoms with Crippen molar-refractivity contribution in [3.8, 4) is 11.6 Å². The highest BCUT2D eigenvalue weighted by Crippen LogP contribution is 2.21. The summed E-state index contributed by atoms with van der Waals surface area (Å²) >= 11 is 0. The van der Waals surface area contributed by atoms with Gasteiger partial charge in [0.15, 0.2) is 0 Å². The predicted octanol–water partition coefficient (Wildman–Crippen LogP) is 3.99. The molecule has 0 amide bonds. The molecule has 3 nitrogen and oxygen atoms in total. The van der Waals surface area contributed by atoms with Crippen LogP contribution in [0.25, 0.3) is 0 Å². The minimum atomic E-state index is 0.656. The van der Waals surface area contributed by atoms with E-state index in [-0.39, 0.29) is 0 Å². The smallest absolute Gasteiger partial charge is 0.219 e. The van der Waals surface area contributed by atoms with Crippen LogP contribution in [-0.4, -0.2) is 11.5 Å². The average Bonchev–Trinajstić information content (AvgIpc) is 2.38. The summed E-state index contributed by atoms with van der Waals surface area (Å²) in [5.74, 6) is 1.49. The van der Waals surface area contributed by atoms with Gasteiger partial charge < -0.3 is 10.1 Å². The standard InChI is InChI=1S/C17H22N2O/c1-4-8-18-12-15-10-14(3)19-17(11-15)20-16-7-5-6-13(2)9-16/h5-7,9-11,18H,4,8,12H2,1-3H3. The van der Waals surface area contributed by atoms with Crippen molar-refractivity contribution in [1.82, 2.24) is 10.3 Å². The summed E-state index contributed by atoms with van der Waals surface area (Å²) in [6.07, 6.45) is 1.14. The number of ether oxygens (including phenoxy) is 1. The molecule has 0 bridgehead atoms. The molecule has 0 aliphatic heterocycles. The fourth-order valence-electron chi connectivity index (χ4n) is 2.07. The van der Waals surface area contributed by atoms with Gasteiger partial charge >= 0.3 is 0 Å². The SMILES string of the molecule is CCCNCc1cc(C)nc(Oc2cccc(C)c2)c1. The molecule has 2 aromatic rings. The van der Waals surface area contributed by atoms with Gasteiger partial charge in [-0.1, -0.05) is 19.1 Å². The molecule has 1 heterocycles.